The summed E-state index contributed by atoms with van der Waals surface area (Å²) >= 11 is 1.30. The number of nitrogens with zero attached hydrogens (tertiary/aromatic N) is 2. The van der Waals surface area contributed by atoms with Crippen molar-refractivity contribution in [2.75, 3.05) is 5.32 Å². The number of hydrogen-bond donors (Lipinski definition) is 2. The number of amides is 2. The fraction of sp³-hybridized carbons (Fsp3) is 0.154. The Balaban J connectivity index is 1.46. The molecule has 4 rings (SSSR count). The minimum Gasteiger partial charge on any atom is -0.478 e. The quantitative estimate of drug-likeness (QED) is 0.505. The van der Waals surface area contributed by atoms with Crippen molar-refractivity contribution in [1.82, 2.24) is 4.90 Å². The molecule has 1 aliphatic rings. The average molecular weight is 474 g/mol. The molecule has 1 aliphatic heterocycles. The molecule has 34 heavy (non-hydrogen) atoms. The van der Waals surface area contributed by atoms with Gasteiger partial charge in [0.25, 0.3) is 0 Å². The molecule has 0 aromatic heterocycles. The molecule has 7 nitrogen and oxygen atoms in total. The Hall–Kier alpha value is -3.91. The largest absolute Gasteiger partial charge is 0.478 e. The van der Waals surface area contributed by atoms with Gasteiger partial charge in [-0.15, -0.1) is 0 Å². The van der Waals surface area contributed by atoms with Crippen LogP contribution in [0.3, 0.4) is 0 Å². The lowest BCUT2D eigenvalue weighted by Gasteiger charge is -2.16. The molecule has 0 unspecified atom stereocenters. The number of rotatable bonds is 8. The van der Waals surface area contributed by atoms with E-state index in [1.54, 1.807) is 4.90 Å². The molecule has 3 aromatic rings. The highest BCUT2D eigenvalue weighted by atomic mass is 32.2. The second-order valence-corrected chi connectivity index (χ2v) is 8.91. The van der Waals surface area contributed by atoms with Gasteiger partial charge in [0.05, 0.1) is 18.7 Å². The van der Waals surface area contributed by atoms with Crippen LogP contribution in [0.5, 0.6) is 0 Å². The van der Waals surface area contributed by atoms with E-state index in [9.17, 15) is 14.4 Å². The van der Waals surface area contributed by atoms with Crippen LogP contribution in [0, 0.1) is 0 Å². The Morgan fingerprint density at radius 2 is 1.53 bits per heavy atom. The van der Waals surface area contributed by atoms with Crippen molar-refractivity contribution in [2.24, 2.45) is 4.99 Å². The van der Waals surface area contributed by atoms with Gasteiger partial charge < -0.3 is 10.4 Å². The van der Waals surface area contributed by atoms with Crippen LogP contribution in [0.2, 0.25) is 0 Å². The average Bonchev–Trinajstić information content (AvgIpc) is 3.13. The lowest BCUT2D eigenvalue weighted by atomic mass is 10.2. The maximum atomic E-state index is 13.2. The van der Waals surface area contributed by atoms with Crippen LogP contribution in [-0.2, 0) is 22.7 Å². The summed E-state index contributed by atoms with van der Waals surface area (Å²) < 4.78 is 0. The van der Waals surface area contributed by atoms with Crippen LogP contribution in [-0.4, -0.2) is 38.2 Å². The van der Waals surface area contributed by atoms with Gasteiger partial charge in [-0.05, 0) is 35.4 Å². The van der Waals surface area contributed by atoms with Gasteiger partial charge in [-0.3, -0.25) is 19.5 Å². The van der Waals surface area contributed by atoms with Crippen LogP contribution in [0.4, 0.5) is 5.69 Å². The summed E-state index contributed by atoms with van der Waals surface area (Å²) in [6, 6.07) is 25.4. The third kappa shape index (κ3) is 5.90. The highest BCUT2D eigenvalue weighted by Crippen LogP contribution is 2.31. The number of carbonyl (C=O) groups excluding carboxylic acids is 2. The number of aromatic carboxylic acids is 1. The highest BCUT2D eigenvalue weighted by Gasteiger charge is 2.39. The van der Waals surface area contributed by atoms with Crippen molar-refractivity contribution in [2.45, 2.75) is 24.8 Å². The van der Waals surface area contributed by atoms with Crippen molar-refractivity contribution >= 4 is 40.4 Å². The molecule has 0 spiro atoms. The zero-order chi connectivity index (χ0) is 23.9. The van der Waals surface area contributed by atoms with Crippen LogP contribution in [0.1, 0.15) is 27.9 Å². The maximum Gasteiger partial charge on any atom is 0.335 e. The highest BCUT2D eigenvalue weighted by molar-refractivity contribution is 8.15. The molecular weight excluding hydrogens is 450 g/mol. The van der Waals surface area contributed by atoms with Gasteiger partial charge in [0.1, 0.15) is 5.25 Å². The summed E-state index contributed by atoms with van der Waals surface area (Å²) in [5.74, 6) is -1.51. The van der Waals surface area contributed by atoms with Crippen LogP contribution in [0.25, 0.3) is 0 Å². The summed E-state index contributed by atoms with van der Waals surface area (Å²) in [5.41, 5.74) is 2.63. The van der Waals surface area contributed by atoms with Gasteiger partial charge >= 0.3 is 5.97 Å². The first-order chi connectivity index (χ1) is 16.5. The number of aliphatic imine (C=N–C) groups is 1. The molecule has 1 atom stereocenters. The number of thioether (sulfide) groups is 1. The summed E-state index contributed by atoms with van der Waals surface area (Å²) in [4.78, 5) is 43.2. The predicted molar refractivity (Wildman–Crippen MR) is 133 cm³/mol. The van der Waals surface area contributed by atoms with Gasteiger partial charge in [0.2, 0.25) is 11.8 Å². The number of hydrogen-bond acceptors (Lipinski definition) is 5. The number of carbonyl (C=O) groups is 3. The normalized spacial score (nSPS) is 16.6. The van der Waals surface area contributed by atoms with Gasteiger partial charge in [-0.25, -0.2) is 4.79 Å². The molecule has 3 aromatic carbocycles. The molecule has 1 fully saturated rings. The van der Waals surface area contributed by atoms with E-state index in [0.717, 1.165) is 11.1 Å². The Morgan fingerprint density at radius 3 is 2.15 bits per heavy atom. The molecule has 2 amide bonds. The van der Waals surface area contributed by atoms with E-state index in [4.69, 9.17) is 5.11 Å². The van der Waals surface area contributed by atoms with Crippen molar-refractivity contribution in [3.8, 4) is 0 Å². The fourth-order valence-electron chi connectivity index (χ4n) is 3.49. The summed E-state index contributed by atoms with van der Waals surface area (Å²) in [6.45, 7) is 0.825. The first kappa shape index (κ1) is 23.3. The fourth-order valence-corrected chi connectivity index (χ4v) is 4.63. The third-order valence-corrected chi connectivity index (χ3v) is 6.44. The van der Waals surface area contributed by atoms with Gasteiger partial charge in [0, 0.05) is 12.1 Å². The SMILES string of the molecule is O=C(C[C@H]1SC(=NCc2ccccc2)N(Cc2ccccc2)C1=O)Nc1ccc(C(=O)O)cc1. The van der Waals surface area contributed by atoms with E-state index in [1.165, 1.54) is 36.0 Å². The number of nitrogens with one attached hydrogen (secondary N) is 1. The topological polar surface area (TPSA) is 99.1 Å². The first-order valence-electron chi connectivity index (χ1n) is 10.7. The van der Waals surface area contributed by atoms with Crippen molar-refractivity contribution in [1.29, 1.82) is 0 Å². The zero-order valence-electron chi connectivity index (χ0n) is 18.3. The predicted octanol–water partition coefficient (Wildman–Crippen LogP) is 4.41. The van der Waals surface area contributed by atoms with E-state index in [1.807, 2.05) is 60.7 Å². The molecule has 1 saturated heterocycles. The Bertz CT molecular complexity index is 1200. The maximum absolute atomic E-state index is 13.2. The minimum atomic E-state index is -1.04. The molecule has 0 saturated carbocycles. The zero-order valence-corrected chi connectivity index (χ0v) is 19.1. The van der Waals surface area contributed by atoms with Crippen LogP contribution in [0.15, 0.2) is 89.9 Å². The van der Waals surface area contributed by atoms with Crippen molar-refractivity contribution < 1.29 is 19.5 Å². The lowest BCUT2D eigenvalue weighted by Crippen LogP contribution is -2.33. The van der Waals surface area contributed by atoms with E-state index in [2.05, 4.69) is 10.3 Å². The molecular formula is C26H23N3O4S. The standard InChI is InChI=1S/C26H23N3O4S/c30-23(28-21-13-11-20(12-14-21)25(32)33)15-22-24(31)29(17-19-9-5-2-6-10-19)26(34-22)27-16-18-7-3-1-4-8-18/h1-14,22H,15-17H2,(H,28,30)(H,32,33)/t22-/m1/s1. The molecule has 1 heterocycles. The summed E-state index contributed by atoms with van der Waals surface area (Å²) in [7, 11) is 0. The minimum absolute atomic E-state index is 0.0141. The lowest BCUT2D eigenvalue weighted by molar-refractivity contribution is -0.128. The van der Waals surface area contributed by atoms with Crippen molar-refractivity contribution in [3.05, 3.63) is 102 Å². The monoisotopic (exact) mass is 473 g/mol. The molecule has 0 bridgehead atoms. The second-order valence-electron chi connectivity index (χ2n) is 7.74. The van der Waals surface area contributed by atoms with Gasteiger partial charge in [-0.1, -0.05) is 72.4 Å². The summed E-state index contributed by atoms with van der Waals surface area (Å²) in [5, 5.41) is 11.8. The number of carboxylic acid groups (broad SMARTS) is 1. The number of carboxylic acids is 1. The van der Waals surface area contributed by atoms with Crippen molar-refractivity contribution in [3.63, 3.8) is 0 Å². The number of amidine groups is 1. The van der Waals surface area contributed by atoms with E-state index in [0.29, 0.717) is 23.9 Å². The number of benzene rings is 3. The number of anilines is 1. The second kappa shape index (κ2) is 10.8. The van der Waals surface area contributed by atoms with Crippen LogP contribution < -0.4 is 5.32 Å². The summed E-state index contributed by atoms with van der Waals surface area (Å²) in [6.07, 6.45) is -0.0141. The van der Waals surface area contributed by atoms with Gasteiger partial charge in [-0.2, -0.15) is 0 Å². The first-order valence-corrected chi connectivity index (χ1v) is 11.6. The Labute approximate surface area is 201 Å². The van der Waals surface area contributed by atoms with E-state index in [-0.39, 0.29) is 23.8 Å². The third-order valence-electron chi connectivity index (χ3n) is 5.23. The van der Waals surface area contributed by atoms with Crippen LogP contribution >= 0.6 is 11.8 Å². The van der Waals surface area contributed by atoms with E-state index >= 15 is 0 Å². The van der Waals surface area contributed by atoms with Gasteiger partial charge in [0.15, 0.2) is 5.17 Å². The molecule has 8 heteroatoms. The smallest absolute Gasteiger partial charge is 0.335 e. The van der Waals surface area contributed by atoms with E-state index < -0.39 is 11.2 Å². The molecule has 2 N–H and O–H groups in total. The molecule has 0 radical (unpaired) electrons. The molecule has 0 aliphatic carbocycles. The Morgan fingerprint density at radius 1 is 0.912 bits per heavy atom. The Kier molecular flexibility index (Phi) is 7.39. The molecule has 172 valence electrons.